The Balaban J connectivity index is 1.99. The van der Waals surface area contributed by atoms with Gasteiger partial charge >= 0.3 is 5.69 Å². The molecule has 2 heterocycles. The summed E-state index contributed by atoms with van der Waals surface area (Å²) in [7, 11) is -3.65. The van der Waals surface area contributed by atoms with Crippen molar-refractivity contribution in [3.63, 3.8) is 0 Å². The second-order valence-corrected chi connectivity index (χ2v) is 7.39. The van der Waals surface area contributed by atoms with Crippen molar-refractivity contribution in [2.24, 2.45) is 0 Å². The lowest BCUT2D eigenvalue weighted by atomic mass is 10.2. The van der Waals surface area contributed by atoms with Crippen molar-refractivity contribution in [3.8, 4) is 0 Å². The van der Waals surface area contributed by atoms with E-state index in [9.17, 15) is 18.0 Å². The average Bonchev–Trinajstić information content (AvgIpc) is 2.54. The molecule has 0 aliphatic carbocycles. The number of fused-ring (bicyclic) bond motifs is 1. The molecule has 9 heteroatoms. The number of aromatic amines is 2. The fourth-order valence-electron chi connectivity index (χ4n) is 2.74. The SMILES string of the molecule is CCN1CCN(S(=O)(=O)c2ccc3[nH]c(=O)[nH]c(=O)c3c2)CC1. The number of piperazine rings is 1. The van der Waals surface area contributed by atoms with E-state index >= 15 is 0 Å². The lowest BCUT2D eigenvalue weighted by molar-refractivity contribution is 0.196. The summed E-state index contributed by atoms with van der Waals surface area (Å²) in [5.41, 5.74) is -0.904. The molecule has 23 heavy (non-hydrogen) atoms. The summed E-state index contributed by atoms with van der Waals surface area (Å²) in [4.78, 5) is 29.9. The van der Waals surface area contributed by atoms with E-state index in [2.05, 4.69) is 14.9 Å². The van der Waals surface area contributed by atoms with Crippen LogP contribution in [0.3, 0.4) is 0 Å². The molecule has 1 aromatic carbocycles. The first-order valence-corrected chi connectivity index (χ1v) is 8.84. The minimum atomic E-state index is -3.65. The van der Waals surface area contributed by atoms with Gasteiger partial charge in [-0.2, -0.15) is 4.31 Å². The van der Waals surface area contributed by atoms with E-state index in [1.54, 1.807) is 0 Å². The van der Waals surface area contributed by atoms with Crippen molar-refractivity contribution in [1.29, 1.82) is 0 Å². The van der Waals surface area contributed by atoms with E-state index in [4.69, 9.17) is 0 Å². The number of nitrogens with zero attached hydrogens (tertiary/aromatic N) is 2. The van der Waals surface area contributed by atoms with Crippen molar-refractivity contribution in [2.75, 3.05) is 32.7 Å². The Morgan fingerprint density at radius 1 is 1.09 bits per heavy atom. The third-order valence-corrected chi connectivity index (χ3v) is 6.02. The minimum absolute atomic E-state index is 0.0625. The zero-order chi connectivity index (χ0) is 16.6. The quantitative estimate of drug-likeness (QED) is 0.788. The van der Waals surface area contributed by atoms with Gasteiger partial charge in [-0.1, -0.05) is 6.92 Å². The molecule has 0 spiro atoms. The highest BCUT2D eigenvalue weighted by molar-refractivity contribution is 7.89. The fraction of sp³-hybridized carbons (Fsp3) is 0.429. The van der Waals surface area contributed by atoms with Crippen LogP contribution in [0, 0.1) is 0 Å². The highest BCUT2D eigenvalue weighted by atomic mass is 32.2. The summed E-state index contributed by atoms with van der Waals surface area (Å²) in [6.45, 7) is 5.17. The summed E-state index contributed by atoms with van der Waals surface area (Å²) in [5.74, 6) is 0. The number of rotatable bonds is 3. The summed E-state index contributed by atoms with van der Waals surface area (Å²) in [6, 6.07) is 4.17. The van der Waals surface area contributed by atoms with E-state index in [1.165, 1.54) is 22.5 Å². The Hall–Kier alpha value is -1.97. The van der Waals surface area contributed by atoms with Gasteiger partial charge in [0.2, 0.25) is 10.0 Å². The Bertz CT molecular complexity index is 939. The van der Waals surface area contributed by atoms with Crippen molar-refractivity contribution in [1.82, 2.24) is 19.2 Å². The molecule has 1 saturated heterocycles. The van der Waals surface area contributed by atoms with Gasteiger partial charge in [-0.3, -0.25) is 9.78 Å². The molecule has 3 rings (SSSR count). The van der Waals surface area contributed by atoms with Crippen molar-refractivity contribution in [3.05, 3.63) is 39.0 Å². The summed E-state index contributed by atoms with van der Waals surface area (Å²) >= 11 is 0. The first-order chi connectivity index (χ1) is 10.9. The topological polar surface area (TPSA) is 106 Å². The molecule has 0 saturated carbocycles. The molecular weight excluding hydrogens is 320 g/mol. The van der Waals surface area contributed by atoms with E-state index < -0.39 is 21.3 Å². The molecule has 1 fully saturated rings. The van der Waals surface area contributed by atoms with E-state index in [0.29, 0.717) is 31.7 Å². The predicted molar refractivity (Wildman–Crippen MR) is 86.1 cm³/mol. The zero-order valence-corrected chi connectivity index (χ0v) is 13.5. The molecule has 1 aliphatic heterocycles. The lowest BCUT2D eigenvalue weighted by Crippen LogP contribution is -2.48. The van der Waals surface area contributed by atoms with Gasteiger partial charge in [0, 0.05) is 26.2 Å². The van der Waals surface area contributed by atoms with Gasteiger partial charge in [0.1, 0.15) is 0 Å². The first-order valence-electron chi connectivity index (χ1n) is 7.40. The van der Waals surface area contributed by atoms with E-state index in [1.807, 2.05) is 6.92 Å². The number of nitrogens with one attached hydrogen (secondary N) is 2. The molecule has 124 valence electrons. The smallest absolute Gasteiger partial charge is 0.307 e. The van der Waals surface area contributed by atoms with Crippen LogP contribution in [-0.2, 0) is 10.0 Å². The molecule has 8 nitrogen and oxygen atoms in total. The molecule has 0 radical (unpaired) electrons. The first kappa shape index (κ1) is 15.9. The molecule has 0 amide bonds. The second kappa shape index (κ2) is 5.91. The van der Waals surface area contributed by atoms with Crippen LogP contribution in [0.1, 0.15) is 6.92 Å². The van der Waals surface area contributed by atoms with Crippen LogP contribution in [0.2, 0.25) is 0 Å². The molecule has 2 N–H and O–H groups in total. The van der Waals surface area contributed by atoms with E-state index in [0.717, 1.165) is 6.54 Å². The molecule has 1 aromatic heterocycles. The molecular formula is C14H18N4O4S. The Labute approximate surface area is 132 Å². The number of H-pyrrole nitrogens is 2. The van der Waals surface area contributed by atoms with Crippen LogP contribution in [0.5, 0.6) is 0 Å². The zero-order valence-electron chi connectivity index (χ0n) is 12.7. The standard InChI is InChI=1S/C14H18N4O4S/c1-2-17-5-7-18(8-6-17)23(21,22)10-3-4-12-11(9-10)13(19)16-14(20)15-12/h3-4,9H,2,5-8H2,1H3,(H2,15,16,19,20). The number of likely N-dealkylation sites (N-methyl/N-ethyl adjacent to an activating group) is 1. The number of aromatic nitrogens is 2. The summed E-state index contributed by atoms with van der Waals surface area (Å²) in [5, 5.41) is 0.151. The Morgan fingerprint density at radius 3 is 2.43 bits per heavy atom. The maximum atomic E-state index is 12.7. The Kier molecular flexibility index (Phi) is 4.09. The highest BCUT2D eigenvalue weighted by Gasteiger charge is 2.28. The summed E-state index contributed by atoms with van der Waals surface area (Å²) < 4.78 is 26.9. The van der Waals surface area contributed by atoms with Crippen molar-refractivity contribution >= 4 is 20.9 Å². The van der Waals surface area contributed by atoms with Crippen molar-refractivity contribution < 1.29 is 8.42 Å². The maximum absolute atomic E-state index is 12.7. The van der Waals surface area contributed by atoms with Crippen molar-refractivity contribution in [2.45, 2.75) is 11.8 Å². The monoisotopic (exact) mass is 338 g/mol. The van der Waals surface area contributed by atoms with Gasteiger partial charge in [0.25, 0.3) is 5.56 Å². The van der Waals surface area contributed by atoms with Gasteiger partial charge < -0.3 is 9.88 Å². The van der Waals surface area contributed by atoms with Crippen LogP contribution >= 0.6 is 0 Å². The molecule has 0 bridgehead atoms. The van der Waals surface area contributed by atoms with Crippen LogP contribution in [0.25, 0.3) is 10.9 Å². The highest BCUT2D eigenvalue weighted by Crippen LogP contribution is 2.20. The van der Waals surface area contributed by atoms with Gasteiger partial charge in [0.15, 0.2) is 0 Å². The Morgan fingerprint density at radius 2 is 1.78 bits per heavy atom. The largest absolute Gasteiger partial charge is 0.326 e. The minimum Gasteiger partial charge on any atom is -0.307 e. The predicted octanol–water partition coefficient (Wildman–Crippen LogP) is -0.457. The van der Waals surface area contributed by atoms with Gasteiger partial charge in [-0.25, -0.2) is 13.2 Å². The number of sulfonamides is 1. The van der Waals surface area contributed by atoms with Crippen LogP contribution in [-0.4, -0.2) is 60.3 Å². The fourth-order valence-corrected chi connectivity index (χ4v) is 4.19. The van der Waals surface area contributed by atoms with Crippen LogP contribution in [0.15, 0.2) is 32.7 Å². The van der Waals surface area contributed by atoms with Gasteiger partial charge in [-0.05, 0) is 24.7 Å². The molecule has 0 atom stereocenters. The van der Waals surface area contributed by atoms with Gasteiger partial charge in [-0.15, -0.1) is 0 Å². The maximum Gasteiger partial charge on any atom is 0.326 e. The van der Waals surface area contributed by atoms with Gasteiger partial charge in [0.05, 0.1) is 15.8 Å². The third kappa shape index (κ3) is 2.94. The lowest BCUT2D eigenvalue weighted by Gasteiger charge is -2.33. The molecule has 2 aromatic rings. The normalized spacial score (nSPS) is 17.6. The number of hydrogen-bond donors (Lipinski definition) is 2. The van der Waals surface area contributed by atoms with E-state index in [-0.39, 0.29) is 10.3 Å². The third-order valence-electron chi connectivity index (χ3n) is 4.13. The summed E-state index contributed by atoms with van der Waals surface area (Å²) in [6.07, 6.45) is 0. The average molecular weight is 338 g/mol. The molecule has 0 unspecified atom stereocenters. The second-order valence-electron chi connectivity index (χ2n) is 5.45. The number of hydrogen-bond acceptors (Lipinski definition) is 5. The number of benzene rings is 1. The molecule has 1 aliphatic rings. The van der Waals surface area contributed by atoms with Crippen LogP contribution in [0.4, 0.5) is 0 Å². The van der Waals surface area contributed by atoms with Crippen LogP contribution < -0.4 is 11.2 Å².